The highest BCUT2D eigenvalue weighted by molar-refractivity contribution is 5.93. The quantitative estimate of drug-likeness (QED) is 0.678. The van der Waals surface area contributed by atoms with Gasteiger partial charge in [-0.2, -0.15) is 0 Å². The van der Waals surface area contributed by atoms with Crippen LogP contribution in [0.2, 0.25) is 0 Å². The predicted molar refractivity (Wildman–Crippen MR) is 91.4 cm³/mol. The second kappa shape index (κ2) is 9.46. The number of methoxy groups -OCH3 is 2. The topological polar surface area (TPSA) is 85.4 Å². The Morgan fingerprint density at radius 1 is 1.17 bits per heavy atom. The van der Waals surface area contributed by atoms with Crippen LogP contribution in [-0.4, -0.2) is 49.8 Å². The Balaban J connectivity index is 1.80. The minimum absolute atomic E-state index is 0.213. The van der Waals surface area contributed by atoms with E-state index in [1.165, 1.54) is 12.4 Å². The summed E-state index contributed by atoms with van der Waals surface area (Å²) < 4.78 is 10.1. The van der Waals surface area contributed by atoms with Crippen molar-refractivity contribution in [3.63, 3.8) is 0 Å². The van der Waals surface area contributed by atoms with Gasteiger partial charge in [-0.3, -0.25) is 4.79 Å². The molecular formula is C17H22N4O3. The summed E-state index contributed by atoms with van der Waals surface area (Å²) in [6, 6.07) is 7.91. The molecule has 1 aromatic carbocycles. The number of anilines is 1. The van der Waals surface area contributed by atoms with Crippen molar-refractivity contribution in [2.45, 2.75) is 6.42 Å². The summed E-state index contributed by atoms with van der Waals surface area (Å²) in [4.78, 5) is 20.1. The number of amides is 1. The fraction of sp³-hybridized carbons (Fsp3) is 0.353. The zero-order chi connectivity index (χ0) is 17.2. The van der Waals surface area contributed by atoms with Gasteiger partial charge in [-0.25, -0.2) is 9.97 Å². The van der Waals surface area contributed by atoms with Crippen LogP contribution in [0.4, 0.5) is 5.95 Å². The molecular weight excluding hydrogens is 308 g/mol. The Bertz CT molecular complexity index is 647. The lowest BCUT2D eigenvalue weighted by atomic mass is 10.1. The lowest BCUT2D eigenvalue weighted by Crippen LogP contribution is -2.27. The van der Waals surface area contributed by atoms with Crippen LogP contribution in [-0.2, 0) is 11.2 Å². The fourth-order valence-electron chi connectivity index (χ4n) is 2.05. The van der Waals surface area contributed by atoms with Crippen LogP contribution in [0.25, 0.3) is 0 Å². The first-order valence-corrected chi connectivity index (χ1v) is 7.69. The molecule has 2 aromatic rings. The maximum Gasteiger partial charge on any atom is 0.254 e. The first-order valence-electron chi connectivity index (χ1n) is 7.69. The summed E-state index contributed by atoms with van der Waals surface area (Å²) in [5.74, 6) is 1.12. The summed E-state index contributed by atoms with van der Waals surface area (Å²) >= 11 is 0. The number of rotatable bonds is 9. The van der Waals surface area contributed by atoms with E-state index in [1.807, 2.05) is 24.3 Å². The molecule has 0 saturated heterocycles. The molecule has 2 N–H and O–H groups in total. The number of nitrogens with zero attached hydrogens (tertiary/aromatic N) is 2. The third-order valence-electron chi connectivity index (χ3n) is 3.34. The molecule has 0 saturated carbocycles. The van der Waals surface area contributed by atoms with Gasteiger partial charge in [-0.05, 0) is 24.1 Å². The van der Waals surface area contributed by atoms with E-state index in [4.69, 9.17) is 9.47 Å². The van der Waals surface area contributed by atoms with Gasteiger partial charge in [0.15, 0.2) is 0 Å². The summed E-state index contributed by atoms with van der Waals surface area (Å²) in [5.41, 5.74) is 1.58. The first-order chi connectivity index (χ1) is 11.7. The SMILES string of the molecule is COCCNC(=O)c1cnc(NCCc2cccc(OC)c2)nc1. The van der Waals surface area contributed by atoms with Crippen LogP contribution >= 0.6 is 0 Å². The zero-order valence-electron chi connectivity index (χ0n) is 13.9. The molecule has 0 unspecified atom stereocenters. The van der Waals surface area contributed by atoms with E-state index >= 15 is 0 Å². The highest BCUT2D eigenvalue weighted by Crippen LogP contribution is 2.13. The number of benzene rings is 1. The average Bonchev–Trinajstić information content (AvgIpc) is 2.62. The van der Waals surface area contributed by atoms with Crippen molar-refractivity contribution < 1.29 is 14.3 Å². The number of aromatic nitrogens is 2. The molecule has 1 heterocycles. The first kappa shape index (κ1) is 17.7. The van der Waals surface area contributed by atoms with Crippen LogP contribution in [0.1, 0.15) is 15.9 Å². The zero-order valence-corrected chi connectivity index (χ0v) is 13.9. The molecule has 24 heavy (non-hydrogen) atoms. The second-order valence-electron chi connectivity index (χ2n) is 5.07. The highest BCUT2D eigenvalue weighted by atomic mass is 16.5. The molecule has 0 atom stereocenters. The normalized spacial score (nSPS) is 10.2. The minimum Gasteiger partial charge on any atom is -0.497 e. The Kier molecular flexibility index (Phi) is 6.97. The summed E-state index contributed by atoms with van der Waals surface area (Å²) in [6.45, 7) is 1.61. The lowest BCUT2D eigenvalue weighted by Gasteiger charge is -2.07. The second-order valence-corrected chi connectivity index (χ2v) is 5.07. The standard InChI is InChI=1S/C17H22N4O3/c1-23-9-8-18-16(22)14-11-20-17(21-12-14)19-7-6-13-4-3-5-15(10-13)24-2/h3-5,10-12H,6-9H2,1-2H3,(H,18,22)(H,19,20,21). The number of nitrogens with one attached hydrogen (secondary N) is 2. The maximum atomic E-state index is 11.8. The van der Waals surface area contributed by atoms with Gasteiger partial charge < -0.3 is 20.1 Å². The van der Waals surface area contributed by atoms with Crippen LogP contribution in [0.3, 0.4) is 0 Å². The van der Waals surface area contributed by atoms with Crippen molar-refractivity contribution in [2.24, 2.45) is 0 Å². The van der Waals surface area contributed by atoms with Crippen LogP contribution in [0.15, 0.2) is 36.7 Å². The van der Waals surface area contributed by atoms with Crippen molar-refractivity contribution in [3.05, 3.63) is 47.8 Å². The van der Waals surface area contributed by atoms with Gasteiger partial charge in [0.05, 0.1) is 19.3 Å². The molecule has 0 spiro atoms. The highest BCUT2D eigenvalue weighted by Gasteiger charge is 2.06. The largest absolute Gasteiger partial charge is 0.497 e. The van der Waals surface area contributed by atoms with Gasteiger partial charge in [0.1, 0.15) is 5.75 Å². The van der Waals surface area contributed by atoms with Crippen molar-refractivity contribution in [1.82, 2.24) is 15.3 Å². The van der Waals surface area contributed by atoms with Crippen molar-refractivity contribution in [2.75, 3.05) is 39.2 Å². The van der Waals surface area contributed by atoms with Crippen LogP contribution in [0, 0.1) is 0 Å². The van der Waals surface area contributed by atoms with Gasteiger partial charge in [0.25, 0.3) is 5.91 Å². The molecule has 1 aromatic heterocycles. The summed E-state index contributed by atoms with van der Waals surface area (Å²) in [6.07, 6.45) is 3.83. The van der Waals surface area contributed by atoms with E-state index in [2.05, 4.69) is 20.6 Å². The van der Waals surface area contributed by atoms with Gasteiger partial charge in [-0.1, -0.05) is 12.1 Å². The molecule has 0 fully saturated rings. The molecule has 7 heteroatoms. The van der Waals surface area contributed by atoms with E-state index in [0.717, 1.165) is 17.7 Å². The number of carbonyl (C=O) groups excluding carboxylic acids is 1. The Labute approximate surface area is 141 Å². The smallest absolute Gasteiger partial charge is 0.254 e. The van der Waals surface area contributed by atoms with Crippen molar-refractivity contribution in [3.8, 4) is 5.75 Å². The number of hydrogen-bond acceptors (Lipinski definition) is 6. The van der Waals surface area contributed by atoms with E-state index in [1.54, 1.807) is 14.2 Å². The molecule has 128 valence electrons. The van der Waals surface area contributed by atoms with E-state index in [9.17, 15) is 4.79 Å². The number of carbonyl (C=O) groups is 1. The Morgan fingerprint density at radius 3 is 2.67 bits per heavy atom. The summed E-state index contributed by atoms with van der Waals surface area (Å²) in [7, 11) is 3.24. The third kappa shape index (κ3) is 5.51. The molecule has 0 radical (unpaired) electrons. The lowest BCUT2D eigenvalue weighted by molar-refractivity contribution is 0.0936. The van der Waals surface area contributed by atoms with Gasteiger partial charge in [-0.15, -0.1) is 0 Å². The average molecular weight is 330 g/mol. The molecule has 7 nitrogen and oxygen atoms in total. The Morgan fingerprint density at radius 2 is 1.96 bits per heavy atom. The van der Waals surface area contributed by atoms with Gasteiger partial charge >= 0.3 is 0 Å². The number of ether oxygens (including phenoxy) is 2. The van der Waals surface area contributed by atoms with Crippen LogP contribution in [0.5, 0.6) is 5.75 Å². The molecule has 1 amide bonds. The van der Waals surface area contributed by atoms with Crippen molar-refractivity contribution in [1.29, 1.82) is 0 Å². The summed E-state index contributed by atoms with van der Waals surface area (Å²) in [5, 5.41) is 5.85. The van der Waals surface area contributed by atoms with Gasteiger partial charge in [0.2, 0.25) is 5.95 Å². The molecule has 0 aliphatic heterocycles. The van der Waals surface area contributed by atoms with E-state index in [-0.39, 0.29) is 5.91 Å². The van der Waals surface area contributed by atoms with E-state index in [0.29, 0.717) is 31.2 Å². The maximum absolute atomic E-state index is 11.8. The molecule has 2 rings (SSSR count). The third-order valence-corrected chi connectivity index (χ3v) is 3.34. The van der Waals surface area contributed by atoms with Crippen LogP contribution < -0.4 is 15.4 Å². The minimum atomic E-state index is -0.213. The molecule has 0 aliphatic rings. The van der Waals surface area contributed by atoms with Gasteiger partial charge in [0, 0.05) is 32.6 Å². The molecule has 0 bridgehead atoms. The molecule has 0 aliphatic carbocycles. The van der Waals surface area contributed by atoms with Crippen molar-refractivity contribution >= 4 is 11.9 Å². The fourth-order valence-corrected chi connectivity index (χ4v) is 2.05. The predicted octanol–water partition coefficient (Wildman–Crippen LogP) is 1.52. The monoisotopic (exact) mass is 330 g/mol. The Hall–Kier alpha value is -2.67. The van der Waals surface area contributed by atoms with E-state index < -0.39 is 0 Å². The number of hydrogen-bond donors (Lipinski definition) is 2.